The van der Waals surface area contributed by atoms with Gasteiger partial charge in [-0.1, -0.05) is 24.3 Å². The number of furan rings is 1. The van der Waals surface area contributed by atoms with Crippen molar-refractivity contribution < 1.29 is 4.42 Å². The lowest BCUT2D eigenvalue weighted by Gasteiger charge is -2.15. The van der Waals surface area contributed by atoms with Gasteiger partial charge in [-0.3, -0.25) is 0 Å². The predicted octanol–water partition coefficient (Wildman–Crippen LogP) is 3.31. The molecule has 2 aromatic rings. The van der Waals surface area contributed by atoms with Crippen molar-refractivity contribution in [3.8, 4) is 6.07 Å². The summed E-state index contributed by atoms with van der Waals surface area (Å²) in [6.07, 6.45) is 0. The molecule has 1 aromatic heterocycles. The molecule has 3 heteroatoms. The maximum Gasteiger partial charge on any atom is 0.203 e. The van der Waals surface area contributed by atoms with Crippen LogP contribution >= 0.6 is 0 Å². The number of rotatable bonds is 4. The highest BCUT2D eigenvalue weighted by Crippen LogP contribution is 2.17. The van der Waals surface area contributed by atoms with Crippen LogP contribution in [0.4, 0.5) is 0 Å². The summed E-state index contributed by atoms with van der Waals surface area (Å²) in [5, 5.41) is 12.1. The summed E-state index contributed by atoms with van der Waals surface area (Å²) in [6.45, 7) is 4.85. The van der Waals surface area contributed by atoms with Crippen molar-refractivity contribution in [3.63, 3.8) is 0 Å². The van der Waals surface area contributed by atoms with Crippen molar-refractivity contribution in [1.82, 2.24) is 5.32 Å². The first-order chi connectivity index (χ1) is 8.70. The maximum atomic E-state index is 8.68. The average Bonchev–Trinajstić information content (AvgIpc) is 2.84. The van der Waals surface area contributed by atoms with E-state index in [9.17, 15) is 0 Å². The first kappa shape index (κ1) is 12.4. The molecule has 0 bridgehead atoms. The zero-order chi connectivity index (χ0) is 13.0. The Balaban J connectivity index is 1.98. The molecular weight excluding hydrogens is 224 g/mol. The van der Waals surface area contributed by atoms with Crippen LogP contribution in [0.5, 0.6) is 0 Å². The molecule has 1 aromatic carbocycles. The van der Waals surface area contributed by atoms with Gasteiger partial charge < -0.3 is 9.73 Å². The second kappa shape index (κ2) is 5.52. The van der Waals surface area contributed by atoms with Gasteiger partial charge in [-0.25, -0.2) is 0 Å². The molecule has 0 saturated heterocycles. The fourth-order valence-corrected chi connectivity index (χ4v) is 1.97. The van der Waals surface area contributed by atoms with Crippen LogP contribution in [0.25, 0.3) is 0 Å². The third kappa shape index (κ3) is 2.79. The molecule has 0 spiro atoms. The minimum absolute atomic E-state index is 0.252. The molecule has 2 rings (SSSR count). The molecule has 0 aliphatic heterocycles. The molecule has 1 N–H and O–H groups in total. The second-order valence-electron chi connectivity index (χ2n) is 4.34. The van der Waals surface area contributed by atoms with E-state index in [0.717, 1.165) is 5.76 Å². The Morgan fingerprint density at radius 2 is 2.06 bits per heavy atom. The van der Waals surface area contributed by atoms with Gasteiger partial charge in [0.2, 0.25) is 5.76 Å². The molecule has 18 heavy (non-hydrogen) atoms. The van der Waals surface area contributed by atoms with Crippen LogP contribution in [0.1, 0.15) is 35.6 Å². The highest BCUT2D eigenvalue weighted by Gasteiger charge is 2.08. The Morgan fingerprint density at radius 1 is 1.28 bits per heavy atom. The molecule has 0 fully saturated rings. The van der Waals surface area contributed by atoms with Gasteiger partial charge in [-0.2, -0.15) is 5.26 Å². The first-order valence-electron chi connectivity index (χ1n) is 5.98. The second-order valence-corrected chi connectivity index (χ2v) is 4.34. The molecule has 0 amide bonds. The lowest BCUT2D eigenvalue weighted by Crippen LogP contribution is -2.18. The van der Waals surface area contributed by atoms with Crippen LogP contribution in [0.2, 0.25) is 0 Å². The molecule has 92 valence electrons. The van der Waals surface area contributed by atoms with Crippen molar-refractivity contribution in [2.45, 2.75) is 26.4 Å². The lowest BCUT2D eigenvalue weighted by molar-refractivity contribution is 0.453. The summed E-state index contributed by atoms with van der Waals surface area (Å²) < 4.78 is 5.33. The summed E-state index contributed by atoms with van der Waals surface area (Å²) in [4.78, 5) is 0. The molecule has 0 aliphatic carbocycles. The standard InChI is InChI=1S/C15H16N2O/c1-11-5-3-4-6-15(11)12(2)17-10-14-8-7-13(9-16)18-14/h3-8,12,17H,10H2,1-2H3/t12-/m0/s1. The topological polar surface area (TPSA) is 49.0 Å². The van der Waals surface area contributed by atoms with E-state index in [1.807, 2.05) is 24.3 Å². The van der Waals surface area contributed by atoms with Crippen molar-refractivity contribution >= 4 is 0 Å². The molecule has 1 heterocycles. The van der Waals surface area contributed by atoms with Crippen molar-refractivity contribution in [1.29, 1.82) is 5.26 Å². The SMILES string of the molecule is Cc1ccccc1[C@H](C)NCc1ccc(C#N)o1. The van der Waals surface area contributed by atoms with Gasteiger partial charge in [0, 0.05) is 6.04 Å². The molecule has 0 radical (unpaired) electrons. The van der Waals surface area contributed by atoms with Gasteiger partial charge in [0.05, 0.1) is 6.54 Å². The fourth-order valence-electron chi connectivity index (χ4n) is 1.97. The van der Waals surface area contributed by atoms with E-state index in [1.165, 1.54) is 11.1 Å². The van der Waals surface area contributed by atoms with Gasteiger partial charge in [0.15, 0.2) is 0 Å². The van der Waals surface area contributed by atoms with Gasteiger partial charge in [-0.05, 0) is 37.1 Å². The highest BCUT2D eigenvalue weighted by molar-refractivity contribution is 5.28. The van der Waals surface area contributed by atoms with E-state index in [0.29, 0.717) is 12.3 Å². The molecule has 0 aliphatic rings. The van der Waals surface area contributed by atoms with Crippen LogP contribution < -0.4 is 5.32 Å². The smallest absolute Gasteiger partial charge is 0.203 e. The number of benzene rings is 1. The number of nitrogens with one attached hydrogen (secondary N) is 1. The Kier molecular flexibility index (Phi) is 3.81. The Hall–Kier alpha value is -2.05. The highest BCUT2D eigenvalue weighted by atomic mass is 16.3. The van der Waals surface area contributed by atoms with Crippen LogP contribution in [0.15, 0.2) is 40.8 Å². The molecule has 0 unspecified atom stereocenters. The van der Waals surface area contributed by atoms with Crippen molar-refractivity contribution in [3.05, 3.63) is 59.0 Å². The van der Waals surface area contributed by atoms with Gasteiger partial charge >= 0.3 is 0 Å². The summed E-state index contributed by atoms with van der Waals surface area (Å²) in [7, 11) is 0. The molecule has 0 saturated carbocycles. The third-order valence-corrected chi connectivity index (χ3v) is 3.01. The van der Waals surface area contributed by atoms with E-state index in [2.05, 4.69) is 31.3 Å². The minimum Gasteiger partial charge on any atom is -0.449 e. The van der Waals surface area contributed by atoms with Crippen LogP contribution in [-0.4, -0.2) is 0 Å². The predicted molar refractivity (Wildman–Crippen MR) is 69.9 cm³/mol. The zero-order valence-electron chi connectivity index (χ0n) is 10.6. The molecule has 1 atom stereocenters. The summed E-state index contributed by atoms with van der Waals surface area (Å²) in [6, 6.07) is 14.1. The average molecular weight is 240 g/mol. The zero-order valence-corrected chi connectivity index (χ0v) is 10.6. The van der Waals surface area contributed by atoms with Crippen LogP contribution in [0, 0.1) is 18.3 Å². The normalized spacial score (nSPS) is 12.1. The Morgan fingerprint density at radius 3 is 2.72 bits per heavy atom. The van der Waals surface area contributed by atoms with Gasteiger partial charge in [0.1, 0.15) is 11.8 Å². The van der Waals surface area contributed by atoms with E-state index in [1.54, 1.807) is 6.07 Å². The number of hydrogen-bond acceptors (Lipinski definition) is 3. The van der Waals surface area contributed by atoms with Crippen LogP contribution in [0.3, 0.4) is 0 Å². The van der Waals surface area contributed by atoms with Crippen molar-refractivity contribution in [2.24, 2.45) is 0 Å². The summed E-state index contributed by atoms with van der Waals surface area (Å²) in [5.74, 6) is 1.14. The Bertz CT molecular complexity index is 566. The molecule has 3 nitrogen and oxygen atoms in total. The largest absolute Gasteiger partial charge is 0.449 e. The number of nitriles is 1. The van der Waals surface area contributed by atoms with E-state index in [-0.39, 0.29) is 6.04 Å². The Labute approximate surface area is 107 Å². The summed E-state index contributed by atoms with van der Waals surface area (Å²) in [5.41, 5.74) is 2.55. The van der Waals surface area contributed by atoms with E-state index >= 15 is 0 Å². The van der Waals surface area contributed by atoms with Gasteiger partial charge in [0.25, 0.3) is 0 Å². The minimum atomic E-state index is 0.252. The first-order valence-corrected chi connectivity index (χ1v) is 5.98. The molecular formula is C15H16N2O. The summed E-state index contributed by atoms with van der Waals surface area (Å²) >= 11 is 0. The lowest BCUT2D eigenvalue weighted by atomic mass is 10.0. The number of nitrogens with zero attached hydrogens (tertiary/aromatic N) is 1. The van der Waals surface area contributed by atoms with E-state index in [4.69, 9.17) is 9.68 Å². The number of hydrogen-bond donors (Lipinski definition) is 1. The fraction of sp³-hybridized carbons (Fsp3) is 0.267. The maximum absolute atomic E-state index is 8.68. The van der Waals surface area contributed by atoms with Crippen LogP contribution in [-0.2, 0) is 6.54 Å². The quantitative estimate of drug-likeness (QED) is 0.891. The van der Waals surface area contributed by atoms with E-state index < -0.39 is 0 Å². The van der Waals surface area contributed by atoms with Crippen molar-refractivity contribution in [2.75, 3.05) is 0 Å². The third-order valence-electron chi connectivity index (χ3n) is 3.01. The number of aryl methyl sites for hydroxylation is 1. The van der Waals surface area contributed by atoms with Gasteiger partial charge in [-0.15, -0.1) is 0 Å². The monoisotopic (exact) mass is 240 g/mol.